The fourth-order valence-electron chi connectivity index (χ4n) is 2.66. The molecular weight excluding hydrogens is 431 g/mol. The first-order chi connectivity index (χ1) is 14.2. The third kappa shape index (κ3) is 4.40. The van der Waals surface area contributed by atoms with E-state index in [1.807, 2.05) is 0 Å². The van der Waals surface area contributed by atoms with Gasteiger partial charge in [-0.25, -0.2) is 22.8 Å². The zero-order valence-electron chi connectivity index (χ0n) is 15.2. The molecule has 2 heterocycles. The fourth-order valence-corrected chi connectivity index (χ4v) is 2.88. The number of nitrogens with one attached hydrogen (secondary N) is 1. The summed E-state index contributed by atoms with van der Waals surface area (Å²) in [6.45, 7) is 0.582. The first kappa shape index (κ1) is 21.2. The molecule has 0 radical (unpaired) electrons. The van der Waals surface area contributed by atoms with Gasteiger partial charge >= 0.3 is 5.69 Å². The molecule has 0 saturated heterocycles. The molecule has 0 saturated carbocycles. The van der Waals surface area contributed by atoms with Gasteiger partial charge in [0.15, 0.2) is 0 Å². The van der Waals surface area contributed by atoms with Gasteiger partial charge in [0.2, 0.25) is 17.5 Å². The highest BCUT2D eigenvalue weighted by Gasteiger charge is 2.31. The van der Waals surface area contributed by atoms with Gasteiger partial charge in [0.25, 0.3) is 6.43 Å². The topological polar surface area (TPSA) is 121 Å². The van der Waals surface area contributed by atoms with Crippen molar-refractivity contribution in [1.29, 1.82) is 0 Å². The van der Waals surface area contributed by atoms with Gasteiger partial charge in [-0.05, 0) is 19.1 Å². The Morgan fingerprint density at radius 1 is 1.37 bits per heavy atom. The summed E-state index contributed by atoms with van der Waals surface area (Å²) in [5.74, 6) is -1.42. The molecule has 14 heteroatoms. The van der Waals surface area contributed by atoms with Gasteiger partial charge in [0, 0.05) is 10.6 Å². The Balaban J connectivity index is 1.71. The van der Waals surface area contributed by atoms with Crippen LogP contribution in [0.2, 0.25) is 5.02 Å². The number of amides is 1. The van der Waals surface area contributed by atoms with Crippen LogP contribution in [-0.4, -0.2) is 35.4 Å². The van der Waals surface area contributed by atoms with Crippen molar-refractivity contribution in [2.24, 2.45) is 0 Å². The number of carbonyl (C=O) groups is 1. The third-order valence-corrected chi connectivity index (χ3v) is 4.41. The molecule has 2 aromatic heterocycles. The Morgan fingerprint density at radius 2 is 2.10 bits per heavy atom. The molecule has 3 rings (SSSR count). The Labute approximate surface area is 171 Å². The van der Waals surface area contributed by atoms with Crippen LogP contribution in [-0.2, 0) is 17.9 Å². The maximum Gasteiger partial charge on any atom is 0.319 e. The van der Waals surface area contributed by atoms with E-state index in [1.165, 1.54) is 36.1 Å². The lowest BCUT2D eigenvalue weighted by Gasteiger charge is -2.05. The average Bonchev–Trinajstić information content (AvgIpc) is 3.23. The number of carbonyl (C=O) groups excluding carboxylic acids is 1. The summed E-state index contributed by atoms with van der Waals surface area (Å²) in [5, 5.41) is 20.9. The molecule has 0 bridgehead atoms. The molecular formula is C16H13ClF3N7O3. The summed E-state index contributed by atoms with van der Waals surface area (Å²) >= 11 is 5.95. The van der Waals surface area contributed by atoms with Gasteiger partial charge in [0.1, 0.15) is 24.4 Å². The Hall–Kier alpha value is -3.48. The lowest BCUT2D eigenvalue weighted by molar-refractivity contribution is -0.386. The van der Waals surface area contributed by atoms with Crippen molar-refractivity contribution in [1.82, 2.24) is 24.5 Å². The number of nitrogens with zero attached hydrogens (tertiary/aromatic N) is 6. The largest absolute Gasteiger partial charge is 0.319 e. The van der Waals surface area contributed by atoms with Gasteiger partial charge in [0.05, 0.1) is 11.5 Å². The van der Waals surface area contributed by atoms with Gasteiger partial charge in [-0.3, -0.25) is 24.9 Å². The predicted octanol–water partition coefficient (Wildman–Crippen LogP) is 3.11. The van der Waals surface area contributed by atoms with Crippen molar-refractivity contribution in [3.63, 3.8) is 0 Å². The first-order valence-electron chi connectivity index (χ1n) is 8.29. The number of alkyl halides is 2. The van der Waals surface area contributed by atoms with E-state index >= 15 is 0 Å². The van der Waals surface area contributed by atoms with E-state index in [0.717, 1.165) is 4.68 Å². The number of anilines is 1. The summed E-state index contributed by atoms with van der Waals surface area (Å²) in [6, 6.07) is 4.20. The van der Waals surface area contributed by atoms with Gasteiger partial charge in [-0.2, -0.15) is 5.10 Å². The average molecular weight is 444 g/mol. The lowest BCUT2D eigenvalue weighted by atomic mass is 10.2. The number of hydrogen-bond donors (Lipinski definition) is 1. The van der Waals surface area contributed by atoms with E-state index < -0.39 is 41.0 Å². The minimum Gasteiger partial charge on any atom is -0.292 e. The van der Waals surface area contributed by atoms with Crippen molar-refractivity contribution in [2.75, 3.05) is 5.32 Å². The van der Waals surface area contributed by atoms with Gasteiger partial charge in [-0.1, -0.05) is 17.7 Å². The van der Waals surface area contributed by atoms with Crippen LogP contribution in [0.15, 0.2) is 24.5 Å². The molecule has 0 fully saturated rings. The second-order valence-electron chi connectivity index (χ2n) is 6.05. The molecule has 1 amide bonds. The summed E-state index contributed by atoms with van der Waals surface area (Å²) in [6.07, 6.45) is -1.94. The Morgan fingerprint density at radius 3 is 2.70 bits per heavy atom. The smallest absolute Gasteiger partial charge is 0.292 e. The zero-order valence-corrected chi connectivity index (χ0v) is 16.0. The van der Waals surface area contributed by atoms with Crippen LogP contribution in [0, 0.1) is 22.9 Å². The number of halogens is 4. The number of nitro groups is 1. The standard InChI is InChI=1S/C16H13ClF3N7O3/c1-8-14(27(29)30)13(15(19)20)23-26(8)6-12(28)22-16-21-7-25(24-16)5-9-10(17)3-2-4-11(9)18/h2-4,7,15H,5-6H2,1H3,(H,22,24,28). The highest BCUT2D eigenvalue weighted by molar-refractivity contribution is 6.31. The monoisotopic (exact) mass is 443 g/mol. The summed E-state index contributed by atoms with van der Waals surface area (Å²) in [7, 11) is 0. The lowest BCUT2D eigenvalue weighted by Crippen LogP contribution is -2.21. The molecule has 30 heavy (non-hydrogen) atoms. The van der Waals surface area contributed by atoms with Crippen LogP contribution in [0.25, 0.3) is 0 Å². The summed E-state index contributed by atoms with van der Waals surface area (Å²) < 4.78 is 41.8. The maximum absolute atomic E-state index is 13.9. The van der Waals surface area contributed by atoms with Gasteiger partial charge in [-0.15, -0.1) is 5.10 Å². The number of benzene rings is 1. The van der Waals surface area contributed by atoms with Crippen LogP contribution in [0.5, 0.6) is 0 Å². The summed E-state index contributed by atoms with van der Waals surface area (Å²) in [5.41, 5.74) is -1.88. The third-order valence-electron chi connectivity index (χ3n) is 4.05. The number of hydrogen-bond acceptors (Lipinski definition) is 6. The van der Waals surface area contributed by atoms with E-state index in [4.69, 9.17) is 11.6 Å². The minimum atomic E-state index is -3.17. The highest BCUT2D eigenvalue weighted by Crippen LogP contribution is 2.30. The molecule has 3 aromatic rings. The molecule has 1 N–H and O–H groups in total. The van der Waals surface area contributed by atoms with E-state index in [0.29, 0.717) is 0 Å². The fraction of sp³-hybridized carbons (Fsp3) is 0.250. The van der Waals surface area contributed by atoms with Crippen LogP contribution in [0.3, 0.4) is 0 Å². The van der Waals surface area contributed by atoms with E-state index in [2.05, 4.69) is 20.5 Å². The molecule has 0 spiro atoms. The molecule has 0 aliphatic rings. The SMILES string of the molecule is Cc1c([N+](=O)[O-])c(C(F)F)nn1CC(=O)Nc1ncn(Cc2c(F)cccc2Cl)n1. The predicted molar refractivity (Wildman–Crippen MR) is 97.7 cm³/mol. The second-order valence-corrected chi connectivity index (χ2v) is 6.46. The maximum atomic E-state index is 13.9. The minimum absolute atomic E-state index is 0.0451. The van der Waals surface area contributed by atoms with Crippen molar-refractivity contribution in [3.8, 4) is 0 Å². The van der Waals surface area contributed by atoms with Crippen LogP contribution < -0.4 is 5.32 Å². The number of rotatable bonds is 7. The second kappa shape index (κ2) is 8.49. The molecule has 0 aliphatic heterocycles. The van der Waals surface area contributed by atoms with Crippen molar-refractivity contribution in [3.05, 3.63) is 62.4 Å². The number of aromatic nitrogens is 5. The summed E-state index contributed by atoms with van der Waals surface area (Å²) in [4.78, 5) is 26.0. The quantitative estimate of drug-likeness (QED) is 0.442. The Kier molecular flexibility index (Phi) is 6.01. The van der Waals surface area contributed by atoms with E-state index in [1.54, 1.807) is 0 Å². The highest BCUT2D eigenvalue weighted by atomic mass is 35.5. The zero-order chi connectivity index (χ0) is 22.0. The van der Waals surface area contributed by atoms with Gasteiger partial charge < -0.3 is 0 Å². The van der Waals surface area contributed by atoms with E-state index in [-0.39, 0.29) is 28.8 Å². The van der Waals surface area contributed by atoms with Crippen LogP contribution >= 0.6 is 11.6 Å². The van der Waals surface area contributed by atoms with Crippen molar-refractivity contribution < 1.29 is 22.9 Å². The van der Waals surface area contributed by atoms with Crippen molar-refractivity contribution in [2.45, 2.75) is 26.4 Å². The normalized spacial score (nSPS) is 11.1. The van der Waals surface area contributed by atoms with Crippen molar-refractivity contribution >= 4 is 29.1 Å². The molecule has 10 nitrogen and oxygen atoms in total. The molecule has 0 unspecified atom stereocenters. The van der Waals surface area contributed by atoms with E-state index in [9.17, 15) is 28.1 Å². The molecule has 0 atom stereocenters. The van der Waals surface area contributed by atoms with Crippen LogP contribution in [0.1, 0.15) is 23.4 Å². The first-order valence-corrected chi connectivity index (χ1v) is 8.67. The molecule has 0 aliphatic carbocycles. The molecule has 1 aromatic carbocycles. The molecule has 158 valence electrons. The Bertz CT molecular complexity index is 1100. The van der Waals surface area contributed by atoms with Crippen LogP contribution in [0.4, 0.5) is 24.8 Å².